The summed E-state index contributed by atoms with van der Waals surface area (Å²) in [5.74, 6) is -1.37. The van der Waals surface area contributed by atoms with Crippen LogP contribution in [0.3, 0.4) is 0 Å². The summed E-state index contributed by atoms with van der Waals surface area (Å²) >= 11 is 0. The highest BCUT2D eigenvalue weighted by molar-refractivity contribution is 5.91. The van der Waals surface area contributed by atoms with Gasteiger partial charge < -0.3 is 20.8 Å². The van der Waals surface area contributed by atoms with Gasteiger partial charge in [-0.15, -0.1) is 0 Å². The second kappa shape index (κ2) is 7.49. The van der Waals surface area contributed by atoms with Crippen LogP contribution in [0.25, 0.3) is 0 Å². The van der Waals surface area contributed by atoms with Gasteiger partial charge in [0.25, 0.3) is 0 Å². The lowest BCUT2D eigenvalue weighted by molar-refractivity contribution is -0.146. The molecule has 1 aromatic rings. The summed E-state index contributed by atoms with van der Waals surface area (Å²) < 4.78 is 0. The van der Waals surface area contributed by atoms with Crippen molar-refractivity contribution in [2.75, 3.05) is 11.9 Å². The number of aryl methyl sites for hydroxylation is 2. The molecule has 0 saturated carbocycles. The maximum absolute atomic E-state index is 11.7. The van der Waals surface area contributed by atoms with Crippen LogP contribution in [0.2, 0.25) is 0 Å². The third-order valence-electron chi connectivity index (χ3n) is 2.98. The van der Waals surface area contributed by atoms with Crippen molar-refractivity contribution in [2.24, 2.45) is 0 Å². The number of aliphatic hydroxyl groups is 1. The van der Waals surface area contributed by atoms with Crippen LogP contribution < -0.4 is 10.6 Å². The average molecular weight is 280 g/mol. The van der Waals surface area contributed by atoms with E-state index in [9.17, 15) is 9.59 Å². The van der Waals surface area contributed by atoms with Crippen LogP contribution in [-0.4, -0.2) is 34.9 Å². The molecule has 1 aromatic carbocycles. The molecule has 1 atom stereocenters. The van der Waals surface area contributed by atoms with Crippen molar-refractivity contribution >= 4 is 17.7 Å². The zero-order chi connectivity index (χ0) is 15.1. The summed E-state index contributed by atoms with van der Waals surface area (Å²) in [5.41, 5.74) is 2.77. The van der Waals surface area contributed by atoms with E-state index in [-0.39, 0.29) is 6.54 Å². The van der Waals surface area contributed by atoms with Gasteiger partial charge in [-0.2, -0.15) is 0 Å². The predicted molar refractivity (Wildman–Crippen MR) is 75.9 cm³/mol. The van der Waals surface area contributed by atoms with Crippen molar-refractivity contribution in [2.45, 2.75) is 32.8 Å². The molecule has 0 aliphatic carbocycles. The number of hydrogen-bond acceptors (Lipinski definition) is 3. The first kappa shape index (κ1) is 16.0. The molecule has 0 saturated heterocycles. The minimum absolute atomic E-state index is 0.336. The smallest absolute Gasteiger partial charge is 0.334 e. The van der Waals surface area contributed by atoms with Gasteiger partial charge >= 0.3 is 12.0 Å². The average Bonchev–Trinajstić information content (AvgIpc) is 2.44. The number of carbonyl (C=O) groups excluding carboxylic acids is 1. The number of para-hydroxylation sites is 1. The summed E-state index contributed by atoms with van der Waals surface area (Å²) in [5, 5.41) is 22.7. The Kier molecular flexibility index (Phi) is 5.99. The number of nitrogens with one attached hydrogen (secondary N) is 2. The second-order valence-corrected chi connectivity index (χ2v) is 4.35. The van der Waals surface area contributed by atoms with Crippen molar-refractivity contribution in [3.8, 4) is 0 Å². The molecule has 0 aliphatic rings. The Morgan fingerprint density at radius 3 is 2.20 bits per heavy atom. The fraction of sp³-hybridized carbons (Fsp3) is 0.429. The number of carboxylic acids is 1. The lowest BCUT2D eigenvalue weighted by Gasteiger charge is -2.15. The van der Waals surface area contributed by atoms with E-state index < -0.39 is 18.1 Å². The quantitative estimate of drug-likeness (QED) is 0.632. The minimum atomic E-state index is -1.60. The van der Waals surface area contributed by atoms with Gasteiger partial charge in [0, 0.05) is 5.69 Å². The van der Waals surface area contributed by atoms with E-state index in [1.54, 1.807) is 0 Å². The van der Waals surface area contributed by atoms with Gasteiger partial charge in [-0.05, 0) is 24.0 Å². The predicted octanol–water partition coefficient (Wildman–Crippen LogP) is 1.38. The summed E-state index contributed by atoms with van der Waals surface area (Å²) in [6, 6.07) is 5.28. The molecule has 110 valence electrons. The van der Waals surface area contributed by atoms with E-state index in [0.717, 1.165) is 29.7 Å². The molecule has 0 fully saturated rings. The zero-order valence-electron chi connectivity index (χ0n) is 11.6. The molecule has 0 heterocycles. The molecule has 0 bridgehead atoms. The van der Waals surface area contributed by atoms with E-state index in [4.69, 9.17) is 10.2 Å². The van der Waals surface area contributed by atoms with E-state index >= 15 is 0 Å². The summed E-state index contributed by atoms with van der Waals surface area (Å²) in [6.45, 7) is 3.65. The Labute approximate surface area is 117 Å². The molecule has 4 N–H and O–H groups in total. The number of rotatable bonds is 6. The van der Waals surface area contributed by atoms with Gasteiger partial charge in [-0.3, -0.25) is 0 Å². The van der Waals surface area contributed by atoms with Gasteiger partial charge in [-0.1, -0.05) is 32.0 Å². The second-order valence-electron chi connectivity index (χ2n) is 4.35. The maximum Gasteiger partial charge on any atom is 0.334 e. The monoisotopic (exact) mass is 280 g/mol. The van der Waals surface area contributed by atoms with Gasteiger partial charge in [0.2, 0.25) is 0 Å². The van der Waals surface area contributed by atoms with Crippen molar-refractivity contribution in [1.82, 2.24) is 5.32 Å². The summed E-state index contributed by atoms with van der Waals surface area (Å²) in [4.78, 5) is 22.2. The number of benzene rings is 1. The highest BCUT2D eigenvalue weighted by Gasteiger charge is 2.15. The van der Waals surface area contributed by atoms with E-state index in [0.29, 0.717) is 0 Å². The third kappa shape index (κ3) is 4.24. The normalized spacial score (nSPS) is 11.8. The zero-order valence-corrected chi connectivity index (χ0v) is 11.6. The molecule has 2 amide bonds. The van der Waals surface area contributed by atoms with E-state index in [1.807, 2.05) is 32.0 Å². The molecular weight excluding hydrogens is 260 g/mol. The van der Waals surface area contributed by atoms with Crippen molar-refractivity contribution in [3.05, 3.63) is 29.3 Å². The van der Waals surface area contributed by atoms with Gasteiger partial charge in [-0.25, -0.2) is 9.59 Å². The molecule has 6 nitrogen and oxygen atoms in total. The Bertz CT molecular complexity index is 466. The van der Waals surface area contributed by atoms with E-state index in [1.165, 1.54) is 0 Å². The fourth-order valence-electron chi connectivity index (χ4n) is 1.84. The molecule has 0 spiro atoms. The number of aliphatic carboxylic acids is 1. The Balaban J connectivity index is 2.72. The third-order valence-corrected chi connectivity index (χ3v) is 2.98. The number of amides is 2. The number of hydrogen-bond donors (Lipinski definition) is 4. The Morgan fingerprint density at radius 1 is 1.20 bits per heavy atom. The van der Waals surface area contributed by atoms with Crippen LogP contribution in [-0.2, 0) is 17.6 Å². The molecular formula is C14H20N2O4. The Hall–Kier alpha value is -2.08. The Morgan fingerprint density at radius 2 is 1.75 bits per heavy atom. The molecule has 20 heavy (non-hydrogen) atoms. The number of carbonyl (C=O) groups is 2. The van der Waals surface area contributed by atoms with Crippen LogP contribution >= 0.6 is 0 Å². The molecule has 6 heteroatoms. The highest BCUT2D eigenvalue weighted by Crippen LogP contribution is 2.22. The van der Waals surface area contributed by atoms with Gasteiger partial charge in [0.05, 0.1) is 6.54 Å². The van der Waals surface area contributed by atoms with Crippen LogP contribution in [0, 0.1) is 0 Å². The SMILES string of the molecule is CCc1cccc(CC)c1NC(=O)NCC(O)C(=O)O. The number of urea groups is 1. The van der Waals surface area contributed by atoms with Crippen LogP contribution in [0.4, 0.5) is 10.5 Å². The van der Waals surface area contributed by atoms with Gasteiger partial charge in [0.1, 0.15) is 0 Å². The summed E-state index contributed by atoms with van der Waals surface area (Å²) in [7, 11) is 0. The lowest BCUT2D eigenvalue weighted by Crippen LogP contribution is -2.39. The molecule has 0 aromatic heterocycles. The summed E-state index contributed by atoms with van der Waals surface area (Å²) in [6.07, 6.45) is -0.0459. The number of anilines is 1. The first-order valence-electron chi connectivity index (χ1n) is 6.56. The van der Waals surface area contributed by atoms with Crippen molar-refractivity contribution in [1.29, 1.82) is 0 Å². The standard InChI is InChI=1S/C14H20N2O4/c1-3-9-6-5-7-10(4-2)12(9)16-14(20)15-8-11(17)13(18)19/h5-7,11,17H,3-4,8H2,1-2H3,(H,18,19)(H2,15,16,20). The first-order chi connectivity index (χ1) is 9.49. The molecule has 0 aliphatic heterocycles. The largest absolute Gasteiger partial charge is 0.479 e. The number of aliphatic hydroxyl groups excluding tert-OH is 1. The first-order valence-corrected chi connectivity index (χ1v) is 6.56. The van der Waals surface area contributed by atoms with Crippen molar-refractivity contribution in [3.63, 3.8) is 0 Å². The van der Waals surface area contributed by atoms with Crippen LogP contribution in [0.1, 0.15) is 25.0 Å². The lowest BCUT2D eigenvalue weighted by atomic mass is 10.0. The van der Waals surface area contributed by atoms with Crippen molar-refractivity contribution < 1.29 is 19.8 Å². The van der Waals surface area contributed by atoms with Crippen LogP contribution in [0.5, 0.6) is 0 Å². The molecule has 1 unspecified atom stereocenters. The number of carboxylic acid groups (broad SMARTS) is 1. The minimum Gasteiger partial charge on any atom is -0.479 e. The van der Waals surface area contributed by atoms with Gasteiger partial charge in [0.15, 0.2) is 6.10 Å². The molecule has 0 radical (unpaired) electrons. The highest BCUT2D eigenvalue weighted by atomic mass is 16.4. The fourth-order valence-corrected chi connectivity index (χ4v) is 1.84. The molecule has 1 rings (SSSR count). The maximum atomic E-state index is 11.7. The topological polar surface area (TPSA) is 98.7 Å². The van der Waals surface area contributed by atoms with Crippen LogP contribution in [0.15, 0.2) is 18.2 Å². The van der Waals surface area contributed by atoms with E-state index in [2.05, 4.69) is 10.6 Å².